The number of aromatic nitrogens is 1. The van der Waals surface area contributed by atoms with Crippen LogP contribution in [0.25, 0.3) is 0 Å². The number of fused-ring (bicyclic) bond motifs is 2. The van der Waals surface area contributed by atoms with Crippen LogP contribution in [0.5, 0.6) is 0 Å². The summed E-state index contributed by atoms with van der Waals surface area (Å²) in [5.74, 6) is 0. The molecule has 3 heteroatoms. The zero-order valence-corrected chi connectivity index (χ0v) is 10.5. The summed E-state index contributed by atoms with van der Waals surface area (Å²) in [5.41, 5.74) is 2.44. The molecule has 17 heavy (non-hydrogen) atoms. The monoisotopic (exact) mass is 231 g/mol. The van der Waals surface area contributed by atoms with E-state index < -0.39 is 0 Å². The number of likely N-dealkylation sites (tertiary alicyclic amines) is 1. The number of nitrogens with zero attached hydrogens (tertiary/aromatic N) is 2. The van der Waals surface area contributed by atoms with E-state index in [-0.39, 0.29) is 0 Å². The Morgan fingerprint density at radius 1 is 1.29 bits per heavy atom. The van der Waals surface area contributed by atoms with Gasteiger partial charge >= 0.3 is 0 Å². The van der Waals surface area contributed by atoms with Gasteiger partial charge in [-0.1, -0.05) is 6.07 Å². The predicted octanol–water partition coefficient (Wildman–Crippen LogP) is 1.72. The topological polar surface area (TPSA) is 28.2 Å². The number of rotatable bonds is 2. The summed E-state index contributed by atoms with van der Waals surface area (Å²) in [4.78, 5) is 6.95. The molecule has 2 aliphatic rings. The van der Waals surface area contributed by atoms with Crippen molar-refractivity contribution < 1.29 is 0 Å². The van der Waals surface area contributed by atoms with Crippen molar-refractivity contribution in [2.24, 2.45) is 0 Å². The third-order valence-corrected chi connectivity index (χ3v) is 3.99. The van der Waals surface area contributed by atoms with Crippen LogP contribution in [0, 0.1) is 6.92 Å². The van der Waals surface area contributed by atoms with Crippen LogP contribution in [0.2, 0.25) is 0 Å². The summed E-state index contributed by atoms with van der Waals surface area (Å²) in [7, 11) is 0. The number of hydrogen-bond acceptors (Lipinski definition) is 3. The van der Waals surface area contributed by atoms with E-state index in [9.17, 15) is 0 Å². The molecule has 0 amide bonds. The largest absolute Gasteiger partial charge is 0.310 e. The van der Waals surface area contributed by atoms with Gasteiger partial charge in [-0.05, 0) is 37.8 Å². The second kappa shape index (κ2) is 4.75. The molecule has 2 bridgehead atoms. The molecule has 2 saturated heterocycles. The lowest BCUT2D eigenvalue weighted by Crippen LogP contribution is -2.34. The van der Waals surface area contributed by atoms with Gasteiger partial charge in [-0.2, -0.15) is 0 Å². The molecule has 3 heterocycles. The lowest BCUT2D eigenvalue weighted by molar-refractivity contribution is 0.250. The van der Waals surface area contributed by atoms with Crippen LogP contribution in [0.3, 0.4) is 0 Å². The second-order valence-electron chi connectivity index (χ2n) is 5.47. The molecule has 2 fully saturated rings. The molecule has 2 unspecified atom stereocenters. The van der Waals surface area contributed by atoms with Crippen molar-refractivity contribution in [2.75, 3.05) is 13.1 Å². The summed E-state index contributed by atoms with van der Waals surface area (Å²) in [6, 6.07) is 5.82. The quantitative estimate of drug-likeness (QED) is 0.840. The molecule has 0 spiro atoms. The third kappa shape index (κ3) is 2.67. The van der Waals surface area contributed by atoms with Crippen molar-refractivity contribution in [1.82, 2.24) is 15.2 Å². The summed E-state index contributed by atoms with van der Waals surface area (Å²) in [6.45, 7) is 5.52. The normalized spacial score (nSPS) is 29.2. The van der Waals surface area contributed by atoms with Crippen molar-refractivity contribution in [3.05, 3.63) is 29.6 Å². The van der Waals surface area contributed by atoms with Gasteiger partial charge in [0, 0.05) is 43.6 Å². The number of nitrogens with one attached hydrogen (secondary N) is 1. The molecule has 0 radical (unpaired) electrons. The van der Waals surface area contributed by atoms with E-state index in [0.717, 1.165) is 24.3 Å². The molecule has 1 aromatic heterocycles. The molecule has 3 nitrogen and oxygen atoms in total. The highest BCUT2D eigenvalue weighted by atomic mass is 15.2. The van der Waals surface area contributed by atoms with Crippen LogP contribution in [-0.4, -0.2) is 35.1 Å². The fraction of sp³-hybridized carbons (Fsp3) is 0.643. The van der Waals surface area contributed by atoms with Gasteiger partial charge in [-0.3, -0.25) is 9.88 Å². The van der Waals surface area contributed by atoms with Gasteiger partial charge in [-0.25, -0.2) is 0 Å². The van der Waals surface area contributed by atoms with Crippen molar-refractivity contribution in [3.8, 4) is 0 Å². The minimum Gasteiger partial charge on any atom is -0.310 e. The van der Waals surface area contributed by atoms with Crippen LogP contribution in [-0.2, 0) is 6.54 Å². The van der Waals surface area contributed by atoms with E-state index in [1.54, 1.807) is 0 Å². The molecule has 0 aliphatic carbocycles. The first-order chi connectivity index (χ1) is 8.29. The van der Waals surface area contributed by atoms with Crippen molar-refractivity contribution in [1.29, 1.82) is 0 Å². The molecule has 2 aliphatic heterocycles. The van der Waals surface area contributed by atoms with Crippen LogP contribution >= 0.6 is 0 Å². The standard InChI is InChI=1S/C14H21N3/c1-11-2-3-12(8-15-11)9-17-7-6-13-4-5-14(10-17)16-13/h2-3,8,13-14,16H,4-7,9-10H2,1H3. The van der Waals surface area contributed by atoms with Gasteiger partial charge in [0.2, 0.25) is 0 Å². The van der Waals surface area contributed by atoms with Gasteiger partial charge in [0.1, 0.15) is 0 Å². The van der Waals surface area contributed by atoms with E-state index in [1.807, 2.05) is 13.1 Å². The summed E-state index contributed by atoms with van der Waals surface area (Å²) in [5, 5.41) is 3.72. The molecule has 3 rings (SSSR count). The fourth-order valence-corrected chi connectivity index (χ4v) is 3.01. The van der Waals surface area contributed by atoms with Gasteiger partial charge in [0.05, 0.1) is 0 Å². The first-order valence-electron chi connectivity index (χ1n) is 6.69. The Balaban J connectivity index is 1.63. The minimum atomic E-state index is 0.723. The SMILES string of the molecule is Cc1ccc(CN2CCC3CCC(C2)N3)cn1. The molecule has 1 aromatic rings. The van der Waals surface area contributed by atoms with Crippen molar-refractivity contribution >= 4 is 0 Å². The van der Waals surface area contributed by atoms with Gasteiger partial charge in [0.15, 0.2) is 0 Å². The van der Waals surface area contributed by atoms with E-state index in [0.29, 0.717) is 0 Å². The maximum Gasteiger partial charge on any atom is 0.0372 e. The Morgan fingerprint density at radius 3 is 3.00 bits per heavy atom. The Morgan fingerprint density at radius 2 is 2.18 bits per heavy atom. The molecule has 1 N–H and O–H groups in total. The van der Waals surface area contributed by atoms with Gasteiger partial charge < -0.3 is 5.32 Å². The summed E-state index contributed by atoms with van der Waals surface area (Å²) >= 11 is 0. The number of pyridine rings is 1. The zero-order chi connectivity index (χ0) is 11.7. The molecular weight excluding hydrogens is 210 g/mol. The Kier molecular flexibility index (Phi) is 3.12. The van der Waals surface area contributed by atoms with E-state index in [2.05, 4.69) is 27.3 Å². The first kappa shape index (κ1) is 11.2. The summed E-state index contributed by atoms with van der Waals surface area (Å²) < 4.78 is 0. The van der Waals surface area contributed by atoms with E-state index in [1.165, 1.54) is 37.9 Å². The number of aryl methyl sites for hydroxylation is 1. The summed E-state index contributed by atoms with van der Waals surface area (Å²) in [6.07, 6.45) is 6.06. The van der Waals surface area contributed by atoms with Crippen LogP contribution in [0.4, 0.5) is 0 Å². The minimum absolute atomic E-state index is 0.723. The average molecular weight is 231 g/mol. The Bertz CT molecular complexity index is 374. The average Bonchev–Trinajstić information content (AvgIpc) is 2.66. The van der Waals surface area contributed by atoms with Crippen LogP contribution < -0.4 is 5.32 Å². The maximum absolute atomic E-state index is 4.37. The maximum atomic E-state index is 4.37. The van der Waals surface area contributed by atoms with Crippen LogP contribution in [0.15, 0.2) is 18.3 Å². The lowest BCUT2D eigenvalue weighted by atomic mass is 10.1. The van der Waals surface area contributed by atoms with Crippen molar-refractivity contribution in [3.63, 3.8) is 0 Å². The second-order valence-corrected chi connectivity index (χ2v) is 5.47. The van der Waals surface area contributed by atoms with E-state index in [4.69, 9.17) is 0 Å². The lowest BCUT2D eigenvalue weighted by Gasteiger charge is -2.23. The Hall–Kier alpha value is -0.930. The van der Waals surface area contributed by atoms with Gasteiger partial charge in [0.25, 0.3) is 0 Å². The molecule has 0 saturated carbocycles. The smallest absolute Gasteiger partial charge is 0.0372 e. The predicted molar refractivity (Wildman–Crippen MR) is 68.8 cm³/mol. The van der Waals surface area contributed by atoms with E-state index >= 15 is 0 Å². The molecule has 2 atom stereocenters. The highest BCUT2D eigenvalue weighted by Gasteiger charge is 2.28. The highest BCUT2D eigenvalue weighted by molar-refractivity contribution is 5.13. The molecule has 92 valence electrons. The number of hydrogen-bond donors (Lipinski definition) is 1. The third-order valence-electron chi connectivity index (χ3n) is 3.99. The van der Waals surface area contributed by atoms with Crippen molar-refractivity contribution in [2.45, 2.75) is 44.8 Å². The fourth-order valence-electron chi connectivity index (χ4n) is 3.01. The van der Waals surface area contributed by atoms with Gasteiger partial charge in [-0.15, -0.1) is 0 Å². The Labute approximate surface area is 103 Å². The first-order valence-corrected chi connectivity index (χ1v) is 6.69. The van der Waals surface area contributed by atoms with Crippen LogP contribution in [0.1, 0.15) is 30.5 Å². The zero-order valence-electron chi connectivity index (χ0n) is 10.5. The highest BCUT2D eigenvalue weighted by Crippen LogP contribution is 2.21. The molecular formula is C14H21N3. The molecule has 0 aromatic carbocycles.